The molecule has 1 aromatic carbocycles. The van der Waals surface area contributed by atoms with E-state index in [0.29, 0.717) is 50.0 Å². The van der Waals surface area contributed by atoms with Crippen LogP contribution in [-0.4, -0.2) is 103 Å². The molecule has 2 bridgehead atoms. The maximum Gasteiger partial charge on any atom is 0.410 e. The zero-order chi connectivity index (χ0) is 25.8. The number of rotatable bonds is 8. The maximum atomic E-state index is 14.0. The number of likely N-dealkylation sites (tertiary alicyclic amines) is 1. The Morgan fingerprint density at radius 2 is 1.76 bits per heavy atom. The van der Waals surface area contributed by atoms with Crippen molar-refractivity contribution in [2.45, 2.75) is 79.6 Å². The number of nitrogens with zero attached hydrogens (tertiary/aromatic N) is 3. The number of sulfonamides is 1. The summed E-state index contributed by atoms with van der Waals surface area (Å²) in [6.45, 7) is 2.44. The second-order valence-electron chi connectivity index (χ2n) is 11.4. The minimum absolute atomic E-state index is 0.113. The van der Waals surface area contributed by atoms with Gasteiger partial charge in [0, 0.05) is 42.8 Å². The third-order valence-electron chi connectivity index (χ3n) is 8.83. The van der Waals surface area contributed by atoms with Crippen LogP contribution in [0.3, 0.4) is 0 Å². The van der Waals surface area contributed by atoms with Crippen LogP contribution in [0.5, 0.6) is 0 Å². The van der Waals surface area contributed by atoms with E-state index in [9.17, 15) is 18.3 Å². The van der Waals surface area contributed by atoms with Crippen molar-refractivity contribution >= 4 is 27.7 Å². The molecule has 1 aromatic rings. The van der Waals surface area contributed by atoms with Crippen molar-refractivity contribution in [2.75, 3.05) is 39.5 Å². The number of carbonyl (C=O) groups excluding carboxylic acids is 1. The van der Waals surface area contributed by atoms with E-state index in [-0.39, 0.29) is 42.3 Å². The number of hydrogen-bond donors (Lipinski definition) is 1. The van der Waals surface area contributed by atoms with Gasteiger partial charge in [0.05, 0.1) is 30.8 Å². The fourth-order valence-electron chi connectivity index (χ4n) is 6.59. The molecule has 1 N–H and O–H groups in total. The standard InChI is InChI=1S/C26H36ClN3O6S/c27-19-3-7-23(8-4-19)37(33,34)30-22(13-18-1-2-18)16-35-17-24(30)26(9-10-26)36-25(32)28-14-20-5-6-21(15-28)29(20)11-12-31/h3-4,7-8,18,20-22,24,31H,1-2,5-6,9-17H2/t20-,21+,22-,24-/m1/s1. The zero-order valence-corrected chi connectivity index (χ0v) is 22.6. The highest BCUT2D eigenvalue weighted by Crippen LogP contribution is 2.49. The van der Waals surface area contributed by atoms with E-state index in [1.807, 2.05) is 0 Å². The topological polar surface area (TPSA) is 99.6 Å². The average Bonchev–Trinajstić information content (AvgIpc) is 3.80. The number of halogens is 1. The molecule has 11 heteroatoms. The Morgan fingerprint density at radius 3 is 2.35 bits per heavy atom. The molecule has 0 aromatic heterocycles. The van der Waals surface area contributed by atoms with Gasteiger partial charge in [0.15, 0.2) is 0 Å². The first-order valence-corrected chi connectivity index (χ1v) is 15.3. The molecule has 3 aliphatic heterocycles. The Hall–Kier alpha value is -1.43. The van der Waals surface area contributed by atoms with E-state index in [0.717, 1.165) is 32.1 Å². The van der Waals surface area contributed by atoms with E-state index in [1.54, 1.807) is 33.5 Å². The molecular formula is C26H36ClN3O6S. The van der Waals surface area contributed by atoms with Gasteiger partial charge in [-0.2, -0.15) is 4.31 Å². The molecule has 5 fully saturated rings. The van der Waals surface area contributed by atoms with Crippen LogP contribution in [0, 0.1) is 5.92 Å². The lowest BCUT2D eigenvalue weighted by Crippen LogP contribution is -2.62. The van der Waals surface area contributed by atoms with Crippen LogP contribution >= 0.6 is 11.6 Å². The summed E-state index contributed by atoms with van der Waals surface area (Å²) in [5, 5.41) is 9.89. The largest absolute Gasteiger partial charge is 0.441 e. The number of aliphatic hydroxyl groups is 1. The van der Waals surface area contributed by atoms with Crippen molar-refractivity contribution in [3.63, 3.8) is 0 Å². The molecular weight excluding hydrogens is 518 g/mol. The number of benzene rings is 1. The van der Waals surface area contributed by atoms with Crippen LogP contribution in [0.1, 0.15) is 44.9 Å². The SMILES string of the molecule is O=C(OC1([C@H]2COC[C@@H](CC3CC3)N2S(=O)(=O)c2ccc(Cl)cc2)CC1)N1C[C@H]2CC[C@@H](C1)N2CCO. The monoisotopic (exact) mass is 553 g/mol. The Morgan fingerprint density at radius 1 is 1.08 bits per heavy atom. The maximum absolute atomic E-state index is 14.0. The quantitative estimate of drug-likeness (QED) is 0.528. The Balaban J connectivity index is 1.23. The van der Waals surface area contributed by atoms with Crippen molar-refractivity contribution in [3.05, 3.63) is 29.3 Å². The highest BCUT2D eigenvalue weighted by atomic mass is 35.5. The molecule has 0 radical (unpaired) electrons. The van der Waals surface area contributed by atoms with Crippen LogP contribution in [0.2, 0.25) is 5.02 Å². The van der Waals surface area contributed by atoms with Gasteiger partial charge in [-0.25, -0.2) is 13.2 Å². The summed E-state index contributed by atoms with van der Waals surface area (Å²) in [4.78, 5) is 17.7. The molecule has 0 unspecified atom stereocenters. The molecule has 3 saturated heterocycles. The molecule has 6 rings (SSSR count). The van der Waals surface area contributed by atoms with Gasteiger partial charge in [-0.15, -0.1) is 0 Å². The molecule has 4 atom stereocenters. The van der Waals surface area contributed by atoms with Crippen LogP contribution in [0.25, 0.3) is 0 Å². The van der Waals surface area contributed by atoms with Crippen LogP contribution in [0.4, 0.5) is 4.79 Å². The Bertz CT molecular complexity index is 1100. The second kappa shape index (κ2) is 9.95. The van der Waals surface area contributed by atoms with Crippen molar-refractivity contribution in [2.24, 2.45) is 5.92 Å². The first-order chi connectivity index (χ1) is 17.8. The Kier molecular flexibility index (Phi) is 6.95. The minimum atomic E-state index is -3.86. The van der Waals surface area contributed by atoms with Gasteiger partial charge in [0.25, 0.3) is 0 Å². The summed E-state index contributed by atoms with van der Waals surface area (Å²) in [7, 11) is -3.86. The number of carbonyl (C=O) groups is 1. The summed E-state index contributed by atoms with van der Waals surface area (Å²) >= 11 is 6.04. The molecule has 3 heterocycles. The fraction of sp³-hybridized carbons (Fsp3) is 0.731. The van der Waals surface area contributed by atoms with E-state index >= 15 is 0 Å². The smallest absolute Gasteiger partial charge is 0.410 e. The number of morpholine rings is 1. The number of fused-ring (bicyclic) bond motifs is 2. The van der Waals surface area contributed by atoms with Gasteiger partial charge < -0.3 is 19.5 Å². The number of hydrogen-bond acceptors (Lipinski definition) is 7. The zero-order valence-electron chi connectivity index (χ0n) is 21.0. The van der Waals surface area contributed by atoms with Crippen molar-refractivity contribution in [3.8, 4) is 0 Å². The third kappa shape index (κ3) is 5.01. The van der Waals surface area contributed by atoms with Crippen LogP contribution < -0.4 is 0 Å². The van der Waals surface area contributed by atoms with E-state index in [4.69, 9.17) is 21.1 Å². The molecule has 1 amide bonds. The lowest BCUT2D eigenvalue weighted by molar-refractivity contribution is -0.0764. The molecule has 204 valence electrons. The van der Waals surface area contributed by atoms with Gasteiger partial charge in [0.1, 0.15) is 5.60 Å². The van der Waals surface area contributed by atoms with E-state index in [2.05, 4.69) is 4.90 Å². The van der Waals surface area contributed by atoms with Gasteiger partial charge in [-0.3, -0.25) is 4.90 Å². The molecule has 37 heavy (non-hydrogen) atoms. The third-order valence-corrected chi connectivity index (χ3v) is 11.1. The number of aliphatic hydroxyl groups excluding tert-OH is 1. The summed E-state index contributed by atoms with van der Waals surface area (Å²) < 4.78 is 41.9. The molecule has 2 aliphatic carbocycles. The molecule has 2 saturated carbocycles. The summed E-state index contributed by atoms with van der Waals surface area (Å²) in [5.41, 5.74) is -0.875. The predicted octanol–water partition coefficient (Wildman–Crippen LogP) is 2.71. The van der Waals surface area contributed by atoms with Crippen molar-refractivity contribution in [1.82, 2.24) is 14.1 Å². The van der Waals surface area contributed by atoms with Gasteiger partial charge in [-0.05, 0) is 62.3 Å². The van der Waals surface area contributed by atoms with Gasteiger partial charge in [0.2, 0.25) is 10.0 Å². The van der Waals surface area contributed by atoms with Gasteiger partial charge in [-0.1, -0.05) is 24.4 Å². The number of ether oxygens (including phenoxy) is 2. The normalized spacial score (nSPS) is 31.9. The van der Waals surface area contributed by atoms with Gasteiger partial charge >= 0.3 is 6.09 Å². The highest BCUT2D eigenvalue weighted by Gasteiger charge is 2.61. The summed E-state index contributed by atoms with van der Waals surface area (Å²) in [6.07, 6.45) is 5.86. The Labute approximate surface area is 223 Å². The molecule has 9 nitrogen and oxygen atoms in total. The lowest BCUT2D eigenvalue weighted by Gasteiger charge is -2.45. The minimum Gasteiger partial charge on any atom is -0.441 e. The lowest BCUT2D eigenvalue weighted by atomic mass is 10.0. The van der Waals surface area contributed by atoms with Crippen molar-refractivity contribution < 1.29 is 27.8 Å². The fourth-order valence-corrected chi connectivity index (χ4v) is 8.56. The van der Waals surface area contributed by atoms with E-state index in [1.165, 1.54) is 0 Å². The van der Waals surface area contributed by atoms with Crippen molar-refractivity contribution in [1.29, 1.82) is 0 Å². The number of piperazine rings is 1. The van der Waals surface area contributed by atoms with Crippen LogP contribution in [-0.2, 0) is 19.5 Å². The summed E-state index contributed by atoms with van der Waals surface area (Å²) in [6, 6.07) is 5.89. The summed E-state index contributed by atoms with van der Waals surface area (Å²) in [5.74, 6) is 0.513. The second-order valence-corrected chi connectivity index (χ2v) is 13.6. The van der Waals surface area contributed by atoms with E-state index < -0.39 is 21.7 Å². The first-order valence-electron chi connectivity index (χ1n) is 13.5. The molecule has 0 spiro atoms. The average molecular weight is 554 g/mol. The van der Waals surface area contributed by atoms with Crippen LogP contribution in [0.15, 0.2) is 29.2 Å². The highest BCUT2D eigenvalue weighted by molar-refractivity contribution is 7.89. The molecule has 5 aliphatic rings. The number of amides is 1. The predicted molar refractivity (Wildman–Crippen MR) is 137 cm³/mol. The first kappa shape index (κ1) is 25.8.